The molecule has 0 aromatic carbocycles. The Hall–Kier alpha value is -2.42. The van der Waals surface area contributed by atoms with E-state index in [4.69, 9.17) is 0 Å². The largest absolute Gasteiger partial charge is 0.494 e. The lowest BCUT2D eigenvalue weighted by Gasteiger charge is -2.31. The van der Waals surface area contributed by atoms with Crippen LogP contribution in [0.25, 0.3) is 23.4 Å². The highest BCUT2D eigenvalue weighted by atomic mass is 32.2. The van der Waals surface area contributed by atoms with Gasteiger partial charge < -0.3 is 15.0 Å². The first-order valence-corrected chi connectivity index (χ1v) is 10.3. The van der Waals surface area contributed by atoms with Crippen molar-refractivity contribution in [1.29, 1.82) is 0 Å². The number of aromatic nitrogens is 2. The average Bonchev–Trinajstić information content (AvgIpc) is 2.81. The number of sulfonamides is 1. The lowest BCUT2D eigenvalue weighted by molar-refractivity contribution is 0.222. The molecular weight excluding hydrogens is 364 g/mol. The molecule has 3 heterocycles. The zero-order chi connectivity index (χ0) is 19.0. The van der Waals surface area contributed by atoms with Crippen LogP contribution in [0.15, 0.2) is 35.4 Å². The van der Waals surface area contributed by atoms with E-state index in [1.54, 1.807) is 12.1 Å². The molecule has 1 saturated heterocycles. The highest BCUT2D eigenvalue weighted by molar-refractivity contribution is 7.89. The Morgan fingerprint density at radius 3 is 2.56 bits per heavy atom. The van der Waals surface area contributed by atoms with Crippen LogP contribution in [0.2, 0.25) is 0 Å². The van der Waals surface area contributed by atoms with Gasteiger partial charge in [0.1, 0.15) is 4.90 Å². The van der Waals surface area contributed by atoms with Crippen molar-refractivity contribution in [2.45, 2.75) is 11.3 Å². The Bertz CT molecular complexity index is 998. The minimum Gasteiger partial charge on any atom is -0.494 e. The summed E-state index contributed by atoms with van der Waals surface area (Å²) < 4.78 is 27.2. The molecule has 1 aliphatic heterocycles. The van der Waals surface area contributed by atoms with Gasteiger partial charge in [-0.25, -0.2) is 8.42 Å². The van der Waals surface area contributed by atoms with Crippen LogP contribution in [0.3, 0.4) is 0 Å². The summed E-state index contributed by atoms with van der Waals surface area (Å²) in [4.78, 5) is 9.57. The molecule has 0 atom stereocenters. The molecule has 0 spiro atoms. The molecule has 27 heavy (non-hydrogen) atoms. The molecule has 0 amide bonds. The summed E-state index contributed by atoms with van der Waals surface area (Å²) in [5, 5.41) is 10.3. The van der Waals surface area contributed by atoms with Gasteiger partial charge in [-0.2, -0.15) is 4.31 Å². The van der Waals surface area contributed by atoms with Gasteiger partial charge >= 0.3 is 0 Å². The number of hydrogen-bond acceptors (Lipinski definition) is 5. The number of fused-ring (bicyclic) bond motifs is 1. The summed E-state index contributed by atoms with van der Waals surface area (Å²) in [7, 11) is -1.57. The normalized spacial score (nSPS) is 18.4. The van der Waals surface area contributed by atoms with Crippen LogP contribution in [0.1, 0.15) is 17.7 Å². The summed E-state index contributed by atoms with van der Waals surface area (Å²) in [6.07, 6.45) is 10.1. The Balaban J connectivity index is 1.66. The van der Waals surface area contributed by atoms with Crippen LogP contribution in [0.5, 0.6) is 5.88 Å². The first-order valence-electron chi connectivity index (χ1n) is 8.90. The SMILES string of the molecule is CN1CCN(S(=O)(=O)c2ccc(-c3c(O)[nH]c4c3C=CCC=C4)nc2)CC1. The van der Waals surface area contributed by atoms with E-state index in [0.717, 1.165) is 17.7 Å². The fourth-order valence-corrected chi connectivity index (χ4v) is 4.76. The lowest BCUT2D eigenvalue weighted by atomic mass is 10.1. The molecule has 2 aromatic rings. The Labute approximate surface area is 158 Å². The van der Waals surface area contributed by atoms with E-state index < -0.39 is 10.0 Å². The molecule has 2 N–H and O–H groups in total. The molecular formula is C19H22N4O3S. The number of hydrogen-bond donors (Lipinski definition) is 2. The molecule has 4 rings (SSSR count). The van der Waals surface area contributed by atoms with Crippen molar-refractivity contribution in [2.24, 2.45) is 0 Å². The highest BCUT2D eigenvalue weighted by Crippen LogP contribution is 2.36. The molecule has 0 bridgehead atoms. The van der Waals surface area contributed by atoms with Crippen LogP contribution >= 0.6 is 0 Å². The predicted octanol–water partition coefficient (Wildman–Crippen LogP) is 2.15. The molecule has 0 radical (unpaired) electrons. The lowest BCUT2D eigenvalue weighted by Crippen LogP contribution is -2.47. The van der Waals surface area contributed by atoms with Crippen molar-refractivity contribution < 1.29 is 13.5 Å². The topological polar surface area (TPSA) is 89.5 Å². The van der Waals surface area contributed by atoms with Crippen molar-refractivity contribution >= 4 is 22.2 Å². The number of nitrogens with zero attached hydrogens (tertiary/aromatic N) is 3. The number of piperazine rings is 1. The third-order valence-corrected chi connectivity index (χ3v) is 6.87. The third kappa shape index (κ3) is 3.31. The molecule has 142 valence electrons. The molecule has 7 nitrogen and oxygen atoms in total. The minimum atomic E-state index is -3.56. The minimum absolute atomic E-state index is 0.0263. The Kier molecular flexibility index (Phi) is 4.63. The summed E-state index contributed by atoms with van der Waals surface area (Å²) in [6, 6.07) is 3.21. The van der Waals surface area contributed by atoms with Crippen molar-refractivity contribution in [2.75, 3.05) is 33.2 Å². The maximum absolute atomic E-state index is 12.8. The smallest absolute Gasteiger partial charge is 0.244 e. The maximum atomic E-state index is 12.8. The predicted molar refractivity (Wildman–Crippen MR) is 105 cm³/mol. The monoisotopic (exact) mass is 386 g/mol. The van der Waals surface area contributed by atoms with Gasteiger partial charge in [-0.3, -0.25) is 4.98 Å². The van der Waals surface area contributed by atoms with Crippen molar-refractivity contribution in [3.8, 4) is 17.1 Å². The van der Waals surface area contributed by atoms with Crippen LogP contribution in [-0.2, 0) is 10.0 Å². The summed E-state index contributed by atoms with van der Waals surface area (Å²) in [6.45, 7) is 2.38. The van der Waals surface area contributed by atoms with Gasteiger partial charge in [-0.1, -0.05) is 18.2 Å². The van der Waals surface area contributed by atoms with E-state index in [2.05, 4.69) is 14.9 Å². The summed E-state index contributed by atoms with van der Waals surface area (Å²) >= 11 is 0. The van der Waals surface area contributed by atoms with Gasteiger partial charge in [0.05, 0.1) is 11.3 Å². The second kappa shape index (κ2) is 6.95. The van der Waals surface area contributed by atoms with Gasteiger partial charge in [-0.05, 0) is 31.7 Å². The first kappa shape index (κ1) is 18.0. The molecule has 0 saturated carbocycles. The Morgan fingerprint density at radius 1 is 1.11 bits per heavy atom. The molecule has 1 aliphatic carbocycles. The molecule has 0 unspecified atom stereocenters. The standard InChI is InChI=1S/C19H22N4O3S/c1-22-9-11-23(12-10-22)27(25,26)14-7-8-17(20-13-14)18-15-5-3-2-4-6-16(15)21-19(18)24/h3-8,13,21,24H,2,9-12H2,1H3. The van der Waals surface area contributed by atoms with Gasteiger partial charge in [0.2, 0.25) is 10.0 Å². The van der Waals surface area contributed by atoms with E-state index in [-0.39, 0.29) is 10.8 Å². The second-order valence-corrected chi connectivity index (χ2v) is 8.74. The number of allylic oxidation sites excluding steroid dienone is 2. The number of nitrogens with one attached hydrogen (secondary N) is 1. The number of likely N-dealkylation sites (N-methyl/N-ethyl adjacent to an activating group) is 1. The third-order valence-electron chi connectivity index (χ3n) is 4.98. The van der Waals surface area contributed by atoms with Gasteiger partial charge in [0.15, 0.2) is 5.88 Å². The quantitative estimate of drug-likeness (QED) is 0.844. The van der Waals surface area contributed by atoms with Crippen molar-refractivity contribution in [1.82, 2.24) is 19.2 Å². The zero-order valence-electron chi connectivity index (χ0n) is 15.1. The van der Waals surface area contributed by atoms with Crippen LogP contribution in [0.4, 0.5) is 0 Å². The first-order chi connectivity index (χ1) is 13.0. The average molecular weight is 386 g/mol. The van der Waals surface area contributed by atoms with Gasteiger partial charge in [0.25, 0.3) is 0 Å². The second-order valence-electron chi connectivity index (χ2n) is 6.80. The van der Waals surface area contributed by atoms with E-state index in [1.165, 1.54) is 10.5 Å². The van der Waals surface area contributed by atoms with E-state index >= 15 is 0 Å². The maximum Gasteiger partial charge on any atom is 0.244 e. The molecule has 2 aromatic heterocycles. The molecule has 8 heteroatoms. The fourth-order valence-electron chi connectivity index (χ4n) is 3.39. The number of H-pyrrole nitrogens is 1. The number of aromatic hydroxyl groups is 1. The number of pyridine rings is 1. The molecule has 1 fully saturated rings. The Morgan fingerprint density at radius 2 is 1.85 bits per heavy atom. The van der Waals surface area contributed by atoms with Crippen LogP contribution in [-0.4, -0.2) is 65.9 Å². The van der Waals surface area contributed by atoms with Gasteiger partial charge in [0, 0.05) is 43.6 Å². The number of aromatic amines is 1. The van der Waals surface area contributed by atoms with E-state index in [1.807, 2.05) is 31.4 Å². The van der Waals surface area contributed by atoms with Crippen molar-refractivity contribution in [3.05, 3.63) is 41.7 Å². The number of rotatable bonds is 3. The zero-order valence-corrected chi connectivity index (χ0v) is 15.9. The van der Waals surface area contributed by atoms with E-state index in [0.29, 0.717) is 37.4 Å². The van der Waals surface area contributed by atoms with Crippen LogP contribution in [0, 0.1) is 0 Å². The fraction of sp³-hybridized carbons (Fsp3) is 0.316. The summed E-state index contributed by atoms with van der Waals surface area (Å²) in [5.41, 5.74) is 2.77. The van der Waals surface area contributed by atoms with Crippen LogP contribution < -0.4 is 0 Å². The summed E-state index contributed by atoms with van der Waals surface area (Å²) in [5.74, 6) is 0.0263. The molecule has 2 aliphatic rings. The highest BCUT2D eigenvalue weighted by Gasteiger charge is 2.28. The van der Waals surface area contributed by atoms with E-state index in [9.17, 15) is 13.5 Å². The van der Waals surface area contributed by atoms with Gasteiger partial charge in [-0.15, -0.1) is 0 Å². The van der Waals surface area contributed by atoms with Crippen molar-refractivity contribution in [3.63, 3.8) is 0 Å².